The highest BCUT2D eigenvalue weighted by molar-refractivity contribution is 5.46. The molecule has 0 aliphatic heterocycles. The third-order valence-electron chi connectivity index (χ3n) is 3.17. The normalized spacial score (nSPS) is 17.2. The molecule has 1 saturated carbocycles. The van der Waals surface area contributed by atoms with E-state index in [-0.39, 0.29) is 5.82 Å². The quantitative estimate of drug-likeness (QED) is 0.823. The number of hydrogen-bond donors (Lipinski definition) is 1. The molecule has 1 atom stereocenters. The van der Waals surface area contributed by atoms with Crippen molar-refractivity contribution >= 4 is 5.69 Å². The average molecular weight is 222 g/mol. The summed E-state index contributed by atoms with van der Waals surface area (Å²) in [6.45, 7) is 3.16. The molecule has 1 aliphatic carbocycles. The second kappa shape index (κ2) is 4.83. The molecule has 1 fully saturated rings. The Labute approximate surface area is 96.5 Å². The zero-order valence-corrected chi connectivity index (χ0v) is 9.91. The molecule has 1 aliphatic rings. The van der Waals surface area contributed by atoms with Gasteiger partial charge in [-0.25, -0.2) is 4.39 Å². The average Bonchev–Trinajstić information content (AvgIpc) is 3.10. The molecule has 1 aromatic carbocycles. The third-order valence-corrected chi connectivity index (χ3v) is 3.17. The summed E-state index contributed by atoms with van der Waals surface area (Å²) < 4.78 is 12.8. The molecular formula is C13H19FN2. The lowest BCUT2D eigenvalue weighted by molar-refractivity contribution is 0.581. The molecule has 3 heteroatoms. The van der Waals surface area contributed by atoms with Crippen LogP contribution in [0, 0.1) is 5.82 Å². The fourth-order valence-corrected chi connectivity index (χ4v) is 1.69. The summed E-state index contributed by atoms with van der Waals surface area (Å²) in [6.07, 6.45) is 2.62. The van der Waals surface area contributed by atoms with Crippen LogP contribution in [0.3, 0.4) is 0 Å². The highest BCUT2D eigenvalue weighted by Crippen LogP contribution is 2.19. The third kappa shape index (κ3) is 2.95. The Balaban J connectivity index is 1.88. The predicted molar refractivity (Wildman–Crippen MR) is 65.3 cm³/mol. The van der Waals surface area contributed by atoms with Crippen molar-refractivity contribution in [2.75, 3.05) is 18.5 Å². The fourth-order valence-electron chi connectivity index (χ4n) is 1.69. The summed E-state index contributed by atoms with van der Waals surface area (Å²) in [5.41, 5.74) is 1.06. The second-order valence-electron chi connectivity index (χ2n) is 4.62. The van der Waals surface area contributed by atoms with Gasteiger partial charge in [0.1, 0.15) is 5.82 Å². The van der Waals surface area contributed by atoms with Gasteiger partial charge in [0, 0.05) is 31.4 Å². The Bertz CT molecular complexity index is 332. The van der Waals surface area contributed by atoms with Crippen LogP contribution in [0.25, 0.3) is 0 Å². The molecule has 0 amide bonds. The van der Waals surface area contributed by atoms with E-state index in [1.165, 1.54) is 25.0 Å². The lowest BCUT2D eigenvalue weighted by Gasteiger charge is -2.27. The van der Waals surface area contributed by atoms with Gasteiger partial charge in [-0.05, 0) is 44.0 Å². The number of nitrogens with zero attached hydrogens (tertiary/aromatic N) is 1. The highest BCUT2D eigenvalue weighted by Gasteiger charge is 2.21. The van der Waals surface area contributed by atoms with Crippen LogP contribution >= 0.6 is 0 Å². The first-order chi connectivity index (χ1) is 7.66. The summed E-state index contributed by atoms with van der Waals surface area (Å²) in [7, 11) is 2.05. The maximum Gasteiger partial charge on any atom is 0.123 e. The van der Waals surface area contributed by atoms with Crippen molar-refractivity contribution in [3.8, 4) is 0 Å². The van der Waals surface area contributed by atoms with Gasteiger partial charge in [0.25, 0.3) is 0 Å². The molecule has 0 aromatic heterocycles. The minimum Gasteiger partial charge on any atom is -0.371 e. The van der Waals surface area contributed by atoms with Crippen LogP contribution in [0.1, 0.15) is 19.8 Å². The monoisotopic (exact) mass is 222 g/mol. The van der Waals surface area contributed by atoms with Gasteiger partial charge in [0.05, 0.1) is 0 Å². The lowest BCUT2D eigenvalue weighted by atomic mass is 10.2. The summed E-state index contributed by atoms with van der Waals surface area (Å²) in [5.74, 6) is -0.180. The highest BCUT2D eigenvalue weighted by atomic mass is 19.1. The standard InChI is InChI=1S/C13H19FN2/c1-10(9-15-12-5-6-12)16(2)13-7-3-11(14)4-8-13/h3-4,7-8,10,12,15H,5-6,9H2,1-2H3. The zero-order chi connectivity index (χ0) is 11.5. The van der Waals surface area contributed by atoms with Gasteiger partial charge in [0.2, 0.25) is 0 Å². The summed E-state index contributed by atoms with van der Waals surface area (Å²) in [5, 5.41) is 3.50. The maximum atomic E-state index is 12.8. The number of likely N-dealkylation sites (N-methyl/N-ethyl adjacent to an activating group) is 1. The Hall–Kier alpha value is -1.09. The Kier molecular flexibility index (Phi) is 3.44. The number of benzene rings is 1. The van der Waals surface area contributed by atoms with E-state index in [0.29, 0.717) is 6.04 Å². The van der Waals surface area contributed by atoms with Gasteiger partial charge in [-0.1, -0.05) is 0 Å². The van der Waals surface area contributed by atoms with Crippen molar-refractivity contribution in [1.29, 1.82) is 0 Å². The molecule has 1 unspecified atom stereocenters. The van der Waals surface area contributed by atoms with Gasteiger partial charge in [-0.2, -0.15) is 0 Å². The van der Waals surface area contributed by atoms with E-state index < -0.39 is 0 Å². The van der Waals surface area contributed by atoms with E-state index in [0.717, 1.165) is 18.3 Å². The molecule has 0 heterocycles. The zero-order valence-electron chi connectivity index (χ0n) is 9.91. The largest absolute Gasteiger partial charge is 0.371 e. The maximum absolute atomic E-state index is 12.8. The fraction of sp³-hybridized carbons (Fsp3) is 0.538. The van der Waals surface area contributed by atoms with Crippen molar-refractivity contribution in [1.82, 2.24) is 5.32 Å². The van der Waals surface area contributed by atoms with Gasteiger partial charge >= 0.3 is 0 Å². The van der Waals surface area contributed by atoms with E-state index in [2.05, 4.69) is 17.1 Å². The van der Waals surface area contributed by atoms with Crippen LogP contribution in [0.4, 0.5) is 10.1 Å². The van der Waals surface area contributed by atoms with Crippen LogP contribution in [0.15, 0.2) is 24.3 Å². The van der Waals surface area contributed by atoms with E-state index in [4.69, 9.17) is 0 Å². The first-order valence-corrected chi connectivity index (χ1v) is 5.88. The van der Waals surface area contributed by atoms with E-state index in [1.807, 2.05) is 19.2 Å². The lowest BCUT2D eigenvalue weighted by Crippen LogP contribution is -2.38. The summed E-state index contributed by atoms with van der Waals surface area (Å²) >= 11 is 0. The number of hydrogen-bond acceptors (Lipinski definition) is 2. The SMILES string of the molecule is CC(CNC1CC1)N(C)c1ccc(F)cc1. The Morgan fingerprint density at radius 2 is 2.00 bits per heavy atom. The van der Waals surface area contributed by atoms with Gasteiger partial charge < -0.3 is 10.2 Å². The molecule has 1 aromatic rings. The van der Waals surface area contributed by atoms with E-state index in [1.54, 1.807) is 0 Å². The van der Waals surface area contributed by atoms with E-state index in [9.17, 15) is 4.39 Å². The van der Waals surface area contributed by atoms with Crippen molar-refractivity contribution in [2.24, 2.45) is 0 Å². The van der Waals surface area contributed by atoms with Gasteiger partial charge in [0.15, 0.2) is 0 Å². The number of rotatable bonds is 5. The van der Waals surface area contributed by atoms with Crippen molar-refractivity contribution in [2.45, 2.75) is 31.8 Å². The molecule has 2 rings (SSSR count). The van der Waals surface area contributed by atoms with Crippen molar-refractivity contribution in [3.63, 3.8) is 0 Å². The molecule has 16 heavy (non-hydrogen) atoms. The molecular weight excluding hydrogens is 203 g/mol. The predicted octanol–water partition coefficient (Wildman–Crippen LogP) is 2.40. The van der Waals surface area contributed by atoms with Gasteiger partial charge in [-0.3, -0.25) is 0 Å². The minimum absolute atomic E-state index is 0.180. The van der Waals surface area contributed by atoms with E-state index >= 15 is 0 Å². The molecule has 0 bridgehead atoms. The van der Waals surface area contributed by atoms with Crippen LogP contribution in [-0.2, 0) is 0 Å². The summed E-state index contributed by atoms with van der Waals surface area (Å²) in [4.78, 5) is 2.18. The molecule has 1 N–H and O–H groups in total. The van der Waals surface area contributed by atoms with Crippen LogP contribution in [0.2, 0.25) is 0 Å². The topological polar surface area (TPSA) is 15.3 Å². The minimum atomic E-state index is -0.180. The molecule has 2 nitrogen and oxygen atoms in total. The molecule has 0 radical (unpaired) electrons. The number of halogens is 1. The van der Waals surface area contributed by atoms with Crippen molar-refractivity contribution < 1.29 is 4.39 Å². The second-order valence-corrected chi connectivity index (χ2v) is 4.62. The number of nitrogens with one attached hydrogen (secondary N) is 1. The van der Waals surface area contributed by atoms with Crippen LogP contribution in [0.5, 0.6) is 0 Å². The molecule has 0 spiro atoms. The van der Waals surface area contributed by atoms with Crippen LogP contribution in [-0.4, -0.2) is 25.7 Å². The van der Waals surface area contributed by atoms with Crippen molar-refractivity contribution in [3.05, 3.63) is 30.1 Å². The molecule has 0 saturated heterocycles. The first kappa shape index (κ1) is 11.4. The molecule has 88 valence electrons. The first-order valence-electron chi connectivity index (χ1n) is 5.88. The Morgan fingerprint density at radius 1 is 1.38 bits per heavy atom. The number of anilines is 1. The van der Waals surface area contributed by atoms with Crippen LogP contribution < -0.4 is 10.2 Å². The smallest absolute Gasteiger partial charge is 0.123 e. The Morgan fingerprint density at radius 3 is 2.56 bits per heavy atom. The summed E-state index contributed by atoms with van der Waals surface area (Å²) in [6, 6.07) is 7.82. The van der Waals surface area contributed by atoms with Gasteiger partial charge in [-0.15, -0.1) is 0 Å².